The van der Waals surface area contributed by atoms with Gasteiger partial charge in [0.25, 0.3) is 0 Å². The zero-order chi connectivity index (χ0) is 14.0. The van der Waals surface area contributed by atoms with Crippen LogP contribution in [0.4, 0.5) is 0 Å². The van der Waals surface area contributed by atoms with E-state index in [0.29, 0.717) is 26.9 Å². The van der Waals surface area contributed by atoms with Gasteiger partial charge < -0.3 is 9.84 Å². The van der Waals surface area contributed by atoms with Gasteiger partial charge in [0.15, 0.2) is 0 Å². The van der Waals surface area contributed by atoms with Crippen molar-refractivity contribution in [2.24, 2.45) is 0 Å². The third kappa shape index (κ3) is 3.00. The molecule has 2 aromatic carbocycles. The minimum Gasteiger partial charge on any atom is -0.497 e. The van der Waals surface area contributed by atoms with Crippen LogP contribution in [0.2, 0.25) is 10.0 Å². The molecule has 0 amide bonds. The van der Waals surface area contributed by atoms with Crippen molar-refractivity contribution in [2.45, 2.75) is 0 Å². The van der Waals surface area contributed by atoms with Gasteiger partial charge in [-0.3, -0.25) is 0 Å². The fourth-order valence-electron chi connectivity index (χ4n) is 1.72. The Balaban J connectivity index is 2.60. The summed E-state index contributed by atoms with van der Waals surface area (Å²) in [5.41, 5.74) is 1.51. The average molecular weight is 297 g/mol. The van der Waals surface area contributed by atoms with Crippen LogP contribution in [0.1, 0.15) is 10.4 Å². The molecule has 0 unspecified atom stereocenters. The minimum absolute atomic E-state index is 0.139. The lowest BCUT2D eigenvalue weighted by molar-refractivity contribution is 0.0696. The highest BCUT2D eigenvalue weighted by Crippen LogP contribution is 2.33. The van der Waals surface area contributed by atoms with E-state index in [-0.39, 0.29) is 5.56 Å². The van der Waals surface area contributed by atoms with Crippen LogP contribution < -0.4 is 4.74 Å². The van der Waals surface area contributed by atoms with E-state index in [1.165, 1.54) is 13.2 Å². The summed E-state index contributed by atoms with van der Waals surface area (Å²) in [6.45, 7) is 0. The standard InChI is InChI=1S/C14H10Cl2O3/c1-19-11-5-8(4-9(6-11)14(17)18)12-3-2-10(15)7-13(12)16/h2-7H,1H3,(H,17,18). The lowest BCUT2D eigenvalue weighted by Crippen LogP contribution is -1.98. The van der Waals surface area contributed by atoms with Gasteiger partial charge in [-0.2, -0.15) is 0 Å². The molecule has 0 spiro atoms. The van der Waals surface area contributed by atoms with Crippen LogP contribution in [-0.2, 0) is 0 Å². The Labute approximate surface area is 120 Å². The molecule has 0 saturated heterocycles. The van der Waals surface area contributed by atoms with Crippen molar-refractivity contribution in [2.75, 3.05) is 7.11 Å². The highest BCUT2D eigenvalue weighted by atomic mass is 35.5. The smallest absolute Gasteiger partial charge is 0.335 e. The normalized spacial score (nSPS) is 10.3. The molecular weight excluding hydrogens is 287 g/mol. The van der Waals surface area contributed by atoms with Gasteiger partial charge in [-0.15, -0.1) is 0 Å². The Hall–Kier alpha value is -1.71. The summed E-state index contributed by atoms with van der Waals surface area (Å²) in [5, 5.41) is 10.1. The van der Waals surface area contributed by atoms with Crippen molar-refractivity contribution in [3.8, 4) is 16.9 Å². The number of hydrogen-bond acceptors (Lipinski definition) is 2. The number of benzene rings is 2. The molecule has 98 valence electrons. The van der Waals surface area contributed by atoms with E-state index in [1.54, 1.807) is 30.3 Å². The first-order chi connectivity index (χ1) is 9.01. The third-order valence-electron chi connectivity index (χ3n) is 2.63. The van der Waals surface area contributed by atoms with Gasteiger partial charge in [-0.1, -0.05) is 29.3 Å². The van der Waals surface area contributed by atoms with E-state index < -0.39 is 5.97 Å². The highest BCUT2D eigenvalue weighted by Gasteiger charge is 2.11. The predicted octanol–water partition coefficient (Wildman–Crippen LogP) is 4.37. The second kappa shape index (κ2) is 5.51. The fourth-order valence-corrected chi connectivity index (χ4v) is 2.24. The third-order valence-corrected chi connectivity index (χ3v) is 3.18. The van der Waals surface area contributed by atoms with Crippen molar-refractivity contribution < 1.29 is 14.6 Å². The molecule has 2 aromatic rings. The van der Waals surface area contributed by atoms with Crippen LogP contribution >= 0.6 is 23.2 Å². The lowest BCUT2D eigenvalue weighted by atomic mass is 10.0. The Bertz CT molecular complexity index is 639. The van der Waals surface area contributed by atoms with Crippen molar-refractivity contribution in [1.29, 1.82) is 0 Å². The molecule has 0 aliphatic carbocycles. The van der Waals surface area contributed by atoms with E-state index >= 15 is 0 Å². The number of hydrogen-bond donors (Lipinski definition) is 1. The second-order valence-electron chi connectivity index (χ2n) is 3.88. The van der Waals surface area contributed by atoms with E-state index in [0.717, 1.165) is 0 Å². The lowest BCUT2D eigenvalue weighted by Gasteiger charge is -2.09. The SMILES string of the molecule is COc1cc(C(=O)O)cc(-c2ccc(Cl)cc2Cl)c1. The number of halogens is 2. The molecule has 0 saturated carbocycles. The monoisotopic (exact) mass is 296 g/mol. The number of carboxylic acid groups (broad SMARTS) is 1. The molecular formula is C14H10Cl2O3. The van der Waals surface area contributed by atoms with Crippen LogP contribution in [0.3, 0.4) is 0 Å². The molecule has 0 heterocycles. The Morgan fingerprint density at radius 1 is 1.16 bits per heavy atom. The summed E-state index contributed by atoms with van der Waals surface area (Å²) < 4.78 is 5.10. The number of carbonyl (C=O) groups is 1. The van der Waals surface area contributed by atoms with Gasteiger partial charge in [-0.25, -0.2) is 4.79 Å². The zero-order valence-electron chi connectivity index (χ0n) is 9.98. The molecule has 0 atom stereocenters. The largest absolute Gasteiger partial charge is 0.497 e. The molecule has 0 radical (unpaired) electrons. The maximum Gasteiger partial charge on any atom is 0.335 e. The molecule has 0 aliphatic rings. The van der Waals surface area contributed by atoms with Gasteiger partial charge in [-0.05, 0) is 35.9 Å². The molecule has 3 nitrogen and oxygen atoms in total. The molecule has 0 fully saturated rings. The molecule has 19 heavy (non-hydrogen) atoms. The van der Waals surface area contributed by atoms with E-state index in [9.17, 15) is 4.79 Å². The van der Waals surface area contributed by atoms with Crippen molar-refractivity contribution in [3.63, 3.8) is 0 Å². The van der Waals surface area contributed by atoms with Gasteiger partial charge in [0, 0.05) is 15.6 Å². The Morgan fingerprint density at radius 3 is 2.47 bits per heavy atom. The van der Waals surface area contributed by atoms with E-state index in [4.69, 9.17) is 33.0 Å². The first kappa shape index (κ1) is 13.7. The topological polar surface area (TPSA) is 46.5 Å². The first-order valence-corrected chi connectivity index (χ1v) is 6.14. The summed E-state index contributed by atoms with van der Waals surface area (Å²) in [4.78, 5) is 11.1. The quantitative estimate of drug-likeness (QED) is 0.915. The summed E-state index contributed by atoms with van der Waals surface area (Å²) in [6, 6.07) is 9.77. The molecule has 5 heteroatoms. The maximum absolute atomic E-state index is 11.1. The zero-order valence-corrected chi connectivity index (χ0v) is 11.5. The Kier molecular flexibility index (Phi) is 3.98. The van der Waals surface area contributed by atoms with Gasteiger partial charge in [0.1, 0.15) is 5.75 Å². The molecule has 0 aliphatic heterocycles. The number of methoxy groups -OCH3 is 1. The minimum atomic E-state index is -1.02. The van der Waals surface area contributed by atoms with Crippen LogP contribution in [0.25, 0.3) is 11.1 Å². The maximum atomic E-state index is 11.1. The van der Waals surface area contributed by atoms with Crippen LogP contribution in [0, 0.1) is 0 Å². The van der Waals surface area contributed by atoms with Crippen molar-refractivity contribution >= 4 is 29.2 Å². The Morgan fingerprint density at radius 2 is 1.89 bits per heavy atom. The summed E-state index contributed by atoms with van der Waals surface area (Å²) in [5.74, 6) is -0.564. The average Bonchev–Trinajstić information content (AvgIpc) is 2.38. The molecule has 0 aromatic heterocycles. The summed E-state index contributed by atoms with van der Waals surface area (Å²) in [6.07, 6.45) is 0. The predicted molar refractivity (Wildman–Crippen MR) is 75.4 cm³/mol. The molecule has 1 N–H and O–H groups in total. The van der Waals surface area contributed by atoms with Crippen molar-refractivity contribution in [1.82, 2.24) is 0 Å². The van der Waals surface area contributed by atoms with Crippen molar-refractivity contribution in [3.05, 3.63) is 52.0 Å². The van der Waals surface area contributed by atoms with Crippen LogP contribution in [0.15, 0.2) is 36.4 Å². The van der Waals surface area contributed by atoms with Gasteiger partial charge >= 0.3 is 5.97 Å². The second-order valence-corrected chi connectivity index (χ2v) is 4.72. The fraction of sp³-hybridized carbons (Fsp3) is 0.0714. The highest BCUT2D eigenvalue weighted by molar-refractivity contribution is 6.36. The first-order valence-electron chi connectivity index (χ1n) is 5.39. The van der Waals surface area contributed by atoms with E-state index in [2.05, 4.69) is 0 Å². The number of aromatic carboxylic acids is 1. The van der Waals surface area contributed by atoms with Crippen LogP contribution in [-0.4, -0.2) is 18.2 Å². The van der Waals surface area contributed by atoms with E-state index in [1.807, 2.05) is 0 Å². The van der Waals surface area contributed by atoms with Gasteiger partial charge in [0.05, 0.1) is 12.7 Å². The molecule has 2 rings (SSSR count). The van der Waals surface area contributed by atoms with Gasteiger partial charge in [0.2, 0.25) is 0 Å². The number of ether oxygens (including phenoxy) is 1. The number of rotatable bonds is 3. The number of carboxylic acids is 1. The summed E-state index contributed by atoms with van der Waals surface area (Å²) in [7, 11) is 1.48. The molecule has 0 bridgehead atoms. The summed E-state index contributed by atoms with van der Waals surface area (Å²) >= 11 is 12.0. The van der Waals surface area contributed by atoms with Crippen LogP contribution in [0.5, 0.6) is 5.75 Å².